The first-order chi connectivity index (χ1) is 9.34. The minimum atomic E-state index is 0.705. The molecule has 3 nitrogen and oxygen atoms in total. The fraction of sp³-hybridized carbons (Fsp3) is 0.688. The Morgan fingerprint density at radius 3 is 2.58 bits per heavy atom. The minimum Gasteiger partial charge on any atom is -0.354 e. The van der Waals surface area contributed by atoms with E-state index < -0.39 is 0 Å². The Labute approximate surface area is 116 Å². The van der Waals surface area contributed by atoms with Crippen molar-refractivity contribution in [3.8, 4) is 0 Å². The Morgan fingerprint density at radius 1 is 1.11 bits per heavy atom. The van der Waals surface area contributed by atoms with Crippen LogP contribution < -0.4 is 10.2 Å². The fourth-order valence-electron chi connectivity index (χ4n) is 3.36. The van der Waals surface area contributed by atoms with Gasteiger partial charge in [-0.15, -0.1) is 0 Å². The third-order valence-electron chi connectivity index (χ3n) is 4.53. The van der Waals surface area contributed by atoms with Gasteiger partial charge >= 0.3 is 0 Å². The van der Waals surface area contributed by atoms with E-state index in [0.29, 0.717) is 5.92 Å². The number of pyridine rings is 1. The number of rotatable bonds is 2. The highest BCUT2D eigenvalue weighted by Gasteiger charge is 2.20. The second-order valence-electron chi connectivity index (χ2n) is 5.95. The highest BCUT2D eigenvalue weighted by molar-refractivity contribution is 5.48. The summed E-state index contributed by atoms with van der Waals surface area (Å²) in [6.07, 6.45) is 6.83. The standard InChI is InChI=1S/C16H25N3/c1-13-7-8-15(14-5-3-2-4-6-14)18-16(13)19-11-9-17-10-12-19/h7-8,14,17H,2-6,9-12H2,1H3. The second kappa shape index (κ2) is 5.91. The Hall–Kier alpha value is -1.09. The van der Waals surface area contributed by atoms with Crippen molar-refractivity contribution in [1.29, 1.82) is 0 Å². The van der Waals surface area contributed by atoms with Crippen molar-refractivity contribution in [2.75, 3.05) is 31.1 Å². The van der Waals surface area contributed by atoms with E-state index in [1.807, 2.05) is 0 Å². The predicted octanol–water partition coefficient (Wildman–Crippen LogP) is 2.85. The molecule has 104 valence electrons. The van der Waals surface area contributed by atoms with Crippen LogP contribution in [0.15, 0.2) is 12.1 Å². The van der Waals surface area contributed by atoms with Crippen molar-refractivity contribution >= 4 is 5.82 Å². The second-order valence-corrected chi connectivity index (χ2v) is 5.95. The number of nitrogens with zero attached hydrogens (tertiary/aromatic N) is 2. The SMILES string of the molecule is Cc1ccc(C2CCCCC2)nc1N1CCNCC1. The number of aromatic nitrogens is 1. The fourth-order valence-corrected chi connectivity index (χ4v) is 3.36. The zero-order valence-corrected chi connectivity index (χ0v) is 12.0. The molecule has 2 fully saturated rings. The zero-order valence-electron chi connectivity index (χ0n) is 12.0. The van der Waals surface area contributed by atoms with Gasteiger partial charge in [-0.3, -0.25) is 0 Å². The molecular weight excluding hydrogens is 234 g/mol. The van der Waals surface area contributed by atoms with Crippen LogP contribution in [0.1, 0.15) is 49.3 Å². The summed E-state index contributed by atoms with van der Waals surface area (Å²) < 4.78 is 0. The van der Waals surface area contributed by atoms with Crippen LogP contribution in [0.25, 0.3) is 0 Å². The molecular formula is C16H25N3. The van der Waals surface area contributed by atoms with Gasteiger partial charge in [0.2, 0.25) is 0 Å². The molecule has 2 heterocycles. The van der Waals surface area contributed by atoms with Crippen molar-refractivity contribution in [1.82, 2.24) is 10.3 Å². The molecule has 1 aromatic rings. The lowest BCUT2D eigenvalue weighted by atomic mass is 9.86. The maximum Gasteiger partial charge on any atom is 0.131 e. The Balaban J connectivity index is 1.82. The number of hydrogen-bond acceptors (Lipinski definition) is 3. The molecule has 0 aromatic carbocycles. The molecule has 0 amide bonds. The maximum atomic E-state index is 5.02. The van der Waals surface area contributed by atoms with Crippen LogP contribution in [-0.4, -0.2) is 31.2 Å². The number of hydrogen-bond donors (Lipinski definition) is 1. The molecule has 0 atom stereocenters. The first-order valence-corrected chi connectivity index (χ1v) is 7.78. The van der Waals surface area contributed by atoms with Crippen molar-refractivity contribution in [3.63, 3.8) is 0 Å². The zero-order chi connectivity index (χ0) is 13.1. The third-order valence-corrected chi connectivity index (χ3v) is 4.53. The molecule has 1 saturated carbocycles. The van der Waals surface area contributed by atoms with Crippen LogP contribution >= 0.6 is 0 Å². The van der Waals surface area contributed by atoms with Gasteiger partial charge in [0.05, 0.1) is 0 Å². The number of anilines is 1. The smallest absolute Gasteiger partial charge is 0.131 e. The topological polar surface area (TPSA) is 28.2 Å². The Morgan fingerprint density at radius 2 is 1.84 bits per heavy atom. The largest absolute Gasteiger partial charge is 0.354 e. The maximum absolute atomic E-state index is 5.02. The summed E-state index contributed by atoms with van der Waals surface area (Å²) in [5, 5.41) is 3.41. The van der Waals surface area contributed by atoms with Gasteiger partial charge in [-0.05, 0) is 31.4 Å². The van der Waals surface area contributed by atoms with E-state index in [-0.39, 0.29) is 0 Å². The summed E-state index contributed by atoms with van der Waals surface area (Å²) in [6, 6.07) is 4.53. The summed E-state index contributed by atoms with van der Waals surface area (Å²) in [4.78, 5) is 7.46. The van der Waals surface area contributed by atoms with Crippen molar-refractivity contribution in [3.05, 3.63) is 23.4 Å². The number of aryl methyl sites for hydroxylation is 1. The Bertz CT molecular complexity index is 418. The van der Waals surface area contributed by atoms with Crippen LogP contribution in [0.4, 0.5) is 5.82 Å². The molecule has 3 heteroatoms. The quantitative estimate of drug-likeness (QED) is 0.885. The van der Waals surface area contributed by atoms with Crippen LogP contribution in [0.2, 0.25) is 0 Å². The van der Waals surface area contributed by atoms with Crippen LogP contribution in [-0.2, 0) is 0 Å². The first kappa shape index (κ1) is 12.9. The molecule has 0 unspecified atom stereocenters. The van der Waals surface area contributed by atoms with Crippen LogP contribution in [0, 0.1) is 6.92 Å². The van der Waals surface area contributed by atoms with E-state index >= 15 is 0 Å². The van der Waals surface area contributed by atoms with E-state index in [1.165, 1.54) is 49.2 Å². The average Bonchev–Trinajstić information content (AvgIpc) is 2.49. The van der Waals surface area contributed by atoms with Gasteiger partial charge in [0.15, 0.2) is 0 Å². The normalized spacial score (nSPS) is 21.6. The van der Waals surface area contributed by atoms with Gasteiger partial charge in [0.25, 0.3) is 0 Å². The van der Waals surface area contributed by atoms with Gasteiger partial charge < -0.3 is 10.2 Å². The molecule has 1 N–H and O–H groups in total. The highest BCUT2D eigenvalue weighted by atomic mass is 15.2. The molecule has 1 saturated heterocycles. The minimum absolute atomic E-state index is 0.705. The van der Waals surface area contributed by atoms with Crippen LogP contribution in [0.5, 0.6) is 0 Å². The van der Waals surface area contributed by atoms with E-state index in [4.69, 9.17) is 4.98 Å². The summed E-state index contributed by atoms with van der Waals surface area (Å²) in [6.45, 7) is 6.52. The average molecular weight is 259 g/mol. The van der Waals surface area contributed by atoms with E-state index in [1.54, 1.807) is 0 Å². The monoisotopic (exact) mass is 259 g/mol. The summed E-state index contributed by atoms with van der Waals surface area (Å²) >= 11 is 0. The lowest BCUT2D eigenvalue weighted by Crippen LogP contribution is -2.44. The molecule has 0 bridgehead atoms. The molecule has 1 aliphatic heterocycles. The summed E-state index contributed by atoms with van der Waals surface area (Å²) in [5.41, 5.74) is 2.65. The van der Waals surface area contributed by atoms with Gasteiger partial charge in [-0.2, -0.15) is 0 Å². The molecule has 19 heavy (non-hydrogen) atoms. The summed E-state index contributed by atoms with van der Waals surface area (Å²) in [5.74, 6) is 1.93. The number of piperazine rings is 1. The van der Waals surface area contributed by atoms with Crippen molar-refractivity contribution in [2.24, 2.45) is 0 Å². The molecule has 1 aromatic heterocycles. The molecule has 0 spiro atoms. The Kier molecular flexibility index (Phi) is 4.02. The third kappa shape index (κ3) is 2.92. The van der Waals surface area contributed by atoms with Crippen LogP contribution in [0.3, 0.4) is 0 Å². The van der Waals surface area contributed by atoms with E-state index in [2.05, 4.69) is 29.3 Å². The lowest BCUT2D eigenvalue weighted by molar-refractivity contribution is 0.436. The van der Waals surface area contributed by atoms with Gasteiger partial charge in [0.1, 0.15) is 5.82 Å². The van der Waals surface area contributed by atoms with Crippen molar-refractivity contribution in [2.45, 2.75) is 44.9 Å². The number of nitrogens with one attached hydrogen (secondary N) is 1. The molecule has 3 rings (SSSR count). The van der Waals surface area contributed by atoms with E-state index in [9.17, 15) is 0 Å². The molecule has 2 aliphatic rings. The van der Waals surface area contributed by atoms with Gasteiger partial charge in [0, 0.05) is 37.8 Å². The summed E-state index contributed by atoms with van der Waals surface area (Å²) in [7, 11) is 0. The lowest BCUT2D eigenvalue weighted by Gasteiger charge is -2.31. The predicted molar refractivity (Wildman–Crippen MR) is 79.9 cm³/mol. The van der Waals surface area contributed by atoms with Crippen molar-refractivity contribution < 1.29 is 0 Å². The van der Waals surface area contributed by atoms with Gasteiger partial charge in [-0.1, -0.05) is 25.3 Å². The first-order valence-electron chi connectivity index (χ1n) is 7.78. The molecule has 1 aliphatic carbocycles. The highest BCUT2D eigenvalue weighted by Crippen LogP contribution is 2.33. The van der Waals surface area contributed by atoms with E-state index in [0.717, 1.165) is 26.2 Å². The molecule has 0 radical (unpaired) electrons. The van der Waals surface area contributed by atoms with Gasteiger partial charge in [-0.25, -0.2) is 4.98 Å².